The van der Waals surface area contributed by atoms with Gasteiger partial charge in [-0.15, -0.1) is 0 Å². The molecular weight excluding hydrogens is 517 g/mol. The summed E-state index contributed by atoms with van der Waals surface area (Å²) in [7, 11) is 0. The van der Waals surface area contributed by atoms with Gasteiger partial charge in [-0.2, -0.15) is 5.26 Å². The summed E-state index contributed by atoms with van der Waals surface area (Å²) in [5.74, 6) is -1.10. The third-order valence-corrected chi connectivity index (χ3v) is 8.01. The summed E-state index contributed by atoms with van der Waals surface area (Å²) in [6.45, 7) is 1.93. The number of allylic oxidation sites excluding steroid dienone is 2. The molecule has 0 spiro atoms. The van der Waals surface area contributed by atoms with Crippen molar-refractivity contribution in [2.75, 3.05) is 4.90 Å². The number of hydrogen-bond donors (Lipinski definition) is 1. The number of nitrogens with zero attached hydrogens (tertiary/aromatic N) is 2. The maximum atomic E-state index is 13.5. The molecule has 2 aromatic carbocycles. The number of anilines is 1. The topological polar surface area (TPSA) is 100 Å². The molecule has 0 aliphatic carbocycles. The quantitative estimate of drug-likeness (QED) is 0.399. The van der Waals surface area contributed by atoms with Crippen molar-refractivity contribution in [2.45, 2.75) is 12.2 Å². The SMILES string of the molecule is Cc1ccc(N2C(=O)[C@@H]3[C@H](/C=C/c4ccc(-c5ccc(Cl)cc5Cl)o4)C(C#N)=C(N)S[C@H]3C2=O)cc1. The van der Waals surface area contributed by atoms with Crippen molar-refractivity contribution in [3.63, 3.8) is 0 Å². The largest absolute Gasteiger partial charge is 0.457 e. The molecule has 6 nitrogen and oxygen atoms in total. The van der Waals surface area contributed by atoms with Crippen LogP contribution in [0.5, 0.6) is 0 Å². The first-order chi connectivity index (χ1) is 17.3. The van der Waals surface area contributed by atoms with Gasteiger partial charge in [-0.05, 0) is 55.5 Å². The van der Waals surface area contributed by atoms with Crippen molar-refractivity contribution in [2.24, 2.45) is 17.6 Å². The van der Waals surface area contributed by atoms with E-state index in [0.717, 1.165) is 17.3 Å². The molecule has 0 unspecified atom stereocenters. The number of nitrogens with two attached hydrogens (primary N) is 1. The van der Waals surface area contributed by atoms with Gasteiger partial charge >= 0.3 is 0 Å². The van der Waals surface area contributed by atoms with Gasteiger partial charge in [-0.3, -0.25) is 9.59 Å². The lowest BCUT2D eigenvalue weighted by Crippen LogP contribution is -2.34. The van der Waals surface area contributed by atoms with Crippen molar-refractivity contribution in [1.29, 1.82) is 5.26 Å². The van der Waals surface area contributed by atoms with Crippen LogP contribution in [-0.2, 0) is 9.59 Å². The maximum Gasteiger partial charge on any atom is 0.248 e. The van der Waals surface area contributed by atoms with E-state index in [9.17, 15) is 14.9 Å². The van der Waals surface area contributed by atoms with Crippen LogP contribution in [-0.4, -0.2) is 17.1 Å². The van der Waals surface area contributed by atoms with Gasteiger partial charge in [0, 0.05) is 16.5 Å². The molecule has 1 saturated heterocycles. The number of carbonyl (C=O) groups excluding carboxylic acids is 2. The smallest absolute Gasteiger partial charge is 0.248 e. The Balaban J connectivity index is 1.48. The number of imide groups is 1. The second-order valence-corrected chi connectivity index (χ2v) is 10.5. The number of fused-ring (bicyclic) bond motifs is 1. The fourth-order valence-corrected chi connectivity index (χ4v) is 6.17. The van der Waals surface area contributed by atoms with Crippen LogP contribution < -0.4 is 10.6 Å². The van der Waals surface area contributed by atoms with Crippen molar-refractivity contribution < 1.29 is 14.0 Å². The first-order valence-electron chi connectivity index (χ1n) is 11.0. The lowest BCUT2D eigenvalue weighted by atomic mass is 9.84. The zero-order valence-corrected chi connectivity index (χ0v) is 21.3. The van der Waals surface area contributed by atoms with Gasteiger partial charge in [0.05, 0.1) is 33.3 Å². The minimum absolute atomic E-state index is 0.244. The molecule has 1 fully saturated rings. The van der Waals surface area contributed by atoms with Gasteiger partial charge in [-0.1, -0.05) is 58.7 Å². The summed E-state index contributed by atoms with van der Waals surface area (Å²) < 4.78 is 5.93. The Labute approximate surface area is 222 Å². The second kappa shape index (κ2) is 9.55. The van der Waals surface area contributed by atoms with E-state index >= 15 is 0 Å². The van der Waals surface area contributed by atoms with Gasteiger partial charge in [0.1, 0.15) is 16.8 Å². The third-order valence-electron chi connectivity index (χ3n) is 6.24. The fourth-order valence-electron chi connectivity index (χ4n) is 4.45. The summed E-state index contributed by atoms with van der Waals surface area (Å²) in [6.07, 6.45) is 3.39. The molecule has 1 aromatic heterocycles. The lowest BCUT2D eigenvalue weighted by Gasteiger charge is -2.28. The van der Waals surface area contributed by atoms with Crippen LogP contribution >= 0.6 is 35.0 Å². The van der Waals surface area contributed by atoms with Crippen LogP contribution in [0.1, 0.15) is 11.3 Å². The predicted octanol–water partition coefficient (Wildman–Crippen LogP) is 6.19. The minimum atomic E-state index is -0.762. The van der Waals surface area contributed by atoms with Crippen molar-refractivity contribution in [3.05, 3.63) is 92.6 Å². The van der Waals surface area contributed by atoms with Gasteiger partial charge in [-0.25, -0.2) is 4.90 Å². The van der Waals surface area contributed by atoms with E-state index in [4.69, 9.17) is 33.4 Å². The Morgan fingerprint density at radius 2 is 1.83 bits per heavy atom. The van der Waals surface area contributed by atoms with Crippen LogP contribution in [0.15, 0.2) is 75.7 Å². The molecule has 180 valence electrons. The molecule has 5 rings (SSSR count). The summed E-state index contributed by atoms with van der Waals surface area (Å²) in [6, 6.07) is 17.9. The first-order valence-corrected chi connectivity index (χ1v) is 12.7. The van der Waals surface area contributed by atoms with Gasteiger partial charge < -0.3 is 10.2 Å². The highest BCUT2D eigenvalue weighted by Crippen LogP contribution is 2.47. The van der Waals surface area contributed by atoms with Gasteiger partial charge in [0.25, 0.3) is 0 Å². The molecule has 2 aliphatic heterocycles. The molecular formula is C27H19Cl2N3O3S. The zero-order valence-electron chi connectivity index (χ0n) is 18.9. The van der Waals surface area contributed by atoms with Crippen LogP contribution in [0.4, 0.5) is 5.69 Å². The monoisotopic (exact) mass is 535 g/mol. The van der Waals surface area contributed by atoms with Crippen LogP contribution in [0, 0.1) is 30.1 Å². The summed E-state index contributed by atoms with van der Waals surface area (Å²) >= 11 is 13.4. The number of nitriles is 1. The molecule has 2 amide bonds. The van der Waals surface area contributed by atoms with Crippen LogP contribution in [0.25, 0.3) is 17.4 Å². The van der Waals surface area contributed by atoms with E-state index in [1.54, 1.807) is 54.6 Å². The average molecular weight is 536 g/mol. The molecule has 9 heteroatoms. The molecule has 3 atom stereocenters. The highest BCUT2D eigenvalue weighted by Gasteiger charge is 2.55. The highest BCUT2D eigenvalue weighted by molar-refractivity contribution is 8.04. The number of hydrogen-bond acceptors (Lipinski definition) is 6. The summed E-state index contributed by atoms with van der Waals surface area (Å²) in [4.78, 5) is 28.0. The standard InChI is InChI=1S/C27H19Cl2N3O3S/c1-14-2-5-16(6-3-14)32-26(33)23-18(20(13-30)25(31)36-24(23)27(32)34)10-7-17-8-11-22(35-17)19-9-4-15(28)12-21(19)29/h2-12,18,23-24H,31H2,1H3/b10-7+/t18-,23-,24-/m1/s1. The number of amides is 2. The van der Waals surface area contributed by atoms with E-state index in [2.05, 4.69) is 6.07 Å². The van der Waals surface area contributed by atoms with Gasteiger partial charge in [0.15, 0.2) is 0 Å². The van der Waals surface area contributed by atoms with Crippen LogP contribution in [0.3, 0.4) is 0 Å². The Morgan fingerprint density at radius 3 is 2.53 bits per heavy atom. The molecule has 0 radical (unpaired) electrons. The highest BCUT2D eigenvalue weighted by atomic mass is 35.5. The number of thioether (sulfide) groups is 1. The molecule has 3 heterocycles. The van der Waals surface area contributed by atoms with E-state index in [-0.39, 0.29) is 22.4 Å². The Morgan fingerprint density at radius 1 is 1.08 bits per heavy atom. The Hall–Kier alpha value is -3.44. The molecule has 36 heavy (non-hydrogen) atoms. The fraction of sp³-hybridized carbons (Fsp3) is 0.148. The summed E-state index contributed by atoms with van der Waals surface area (Å²) in [5, 5.41) is 10.3. The molecule has 3 aromatic rings. The first kappa shape index (κ1) is 24.3. The number of furan rings is 1. The molecule has 0 saturated carbocycles. The van der Waals surface area contributed by atoms with Gasteiger partial charge in [0.2, 0.25) is 11.8 Å². The predicted molar refractivity (Wildman–Crippen MR) is 142 cm³/mol. The van der Waals surface area contributed by atoms with Crippen molar-refractivity contribution in [3.8, 4) is 17.4 Å². The van der Waals surface area contributed by atoms with Crippen LogP contribution in [0.2, 0.25) is 10.0 Å². The maximum absolute atomic E-state index is 13.5. The van der Waals surface area contributed by atoms with E-state index in [0.29, 0.717) is 32.8 Å². The third kappa shape index (κ3) is 4.22. The lowest BCUT2D eigenvalue weighted by molar-refractivity contribution is -0.122. The summed E-state index contributed by atoms with van der Waals surface area (Å²) in [5.41, 5.74) is 8.64. The molecule has 2 N–H and O–H groups in total. The second-order valence-electron chi connectivity index (χ2n) is 8.51. The number of halogens is 2. The number of carbonyl (C=O) groups is 2. The average Bonchev–Trinajstić information content (AvgIpc) is 3.40. The number of rotatable bonds is 4. The zero-order chi connectivity index (χ0) is 25.6. The van der Waals surface area contributed by atoms with E-state index < -0.39 is 17.1 Å². The molecule has 0 bridgehead atoms. The number of aryl methyl sites for hydroxylation is 1. The minimum Gasteiger partial charge on any atom is -0.457 e. The van der Waals surface area contributed by atoms with E-state index in [1.807, 2.05) is 19.1 Å². The molecule has 2 aliphatic rings. The van der Waals surface area contributed by atoms with Crippen molar-refractivity contribution in [1.82, 2.24) is 0 Å². The number of benzene rings is 2. The Bertz CT molecular complexity index is 1490. The normalized spacial score (nSPS) is 21.8. The van der Waals surface area contributed by atoms with Crippen molar-refractivity contribution >= 4 is 58.5 Å². The van der Waals surface area contributed by atoms with E-state index in [1.165, 1.54) is 4.90 Å². The Kier molecular flexibility index (Phi) is 6.44.